The molecule has 1 aliphatic heterocycles. The van der Waals surface area contributed by atoms with E-state index >= 15 is 0 Å². The fraction of sp³-hybridized carbons (Fsp3) is 0.522. The zero-order chi connectivity index (χ0) is 25.4. The van der Waals surface area contributed by atoms with Crippen LogP contribution in [0, 0.1) is 0 Å². The topological polar surface area (TPSA) is 141 Å². The fourth-order valence-corrected chi connectivity index (χ4v) is 3.40. The van der Waals surface area contributed by atoms with E-state index in [1.807, 2.05) is 0 Å². The average molecular weight is 480 g/mol. The maximum Gasteiger partial charge on any atom is 0.303 e. The Hall–Kier alpha value is -3.47. The van der Waals surface area contributed by atoms with E-state index in [0.717, 1.165) is 20.8 Å². The second-order valence-corrected chi connectivity index (χ2v) is 7.46. The highest BCUT2D eigenvalue weighted by Crippen LogP contribution is 2.32. The number of hydrogen-bond donors (Lipinski definition) is 0. The number of rotatable bonds is 9. The van der Waals surface area contributed by atoms with Crippen LogP contribution in [-0.2, 0) is 42.9 Å². The molecule has 5 atom stereocenters. The Bertz CT molecular complexity index is 925. The molecule has 1 aromatic carbocycles. The van der Waals surface area contributed by atoms with E-state index < -0.39 is 54.6 Å². The third-order valence-corrected chi connectivity index (χ3v) is 4.70. The lowest BCUT2D eigenvalue weighted by Gasteiger charge is -2.44. The summed E-state index contributed by atoms with van der Waals surface area (Å²) >= 11 is 0. The lowest BCUT2D eigenvalue weighted by Crippen LogP contribution is -2.63. The minimum Gasteiger partial charge on any atom is -0.463 e. The van der Waals surface area contributed by atoms with Crippen LogP contribution in [-0.4, -0.2) is 67.0 Å². The van der Waals surface area contributed by atoms with Crippen LogP contribution in [0.1, 0.15) is 51.4 Å². The molecule has 0 amide bonds. The van der Waals surface area contributed by atoms with Gasteiger partial charge in [-0.25, -0.2) is 0 Å². The van der Waals surface area contributed by atoms with E-state index in [0.29, 0.717) is 0 Å². The molecule has 1 heterocycles. The predicted octanol–water partition coefficient (Wildman–Crippen LogP) is 1.74. The molecule has 0 aliphatic carbocycles. The Morgan fingerprint density at radius 3 is 1.91 bits per heavy atom. The summed E-state index contributed by atoms with van der Waals surface area (Å²) in [5, 5.41) is 0. The zero-order valence-corrected chi connectivity index (χ0v) is 19.6. The summed E-state index contributed by atoms with van der Waals surface area (Å²) in [6, 6.07) is 6.37. The molecular formula is C23H28O11. The van der Waals surface area contributed by atoms with E-state index in [2.05, 4.69) is 0 Å². The molecule has 11 nitrogen and oxygen atoms in total. The molecule has 0 unspecified atom stereocenters. The first-order valence-electron chi connectivity index (χ1n) is 10.6. The summed E-state index contributed by atoms with van der Waals surface area (Å²) < 4.78 is 32.9. The Labute approximate surface area is 196 Å². The molecule has 2 rings (SSSR count). The number of esters is 4. The number of hydrogen-bond acceptors (Lipinski definition) is 11. The van der Waals surface area contributed by atoms with E-state index in [1.54, 1.807) is 25.1 Å². The Morgan fingerprint density at radius 1 is 0.794 bits per heavy atom. The van der Waals surface area contributed by atoms with Crippen molar-refractivity contribution >= 4 is 29.7 Å². The zero-order valence-electron chi connectivity index (χ0n) is 19.6. The van der Waals surface area contributed by atoms with E-state index in [-0.39, 0.29) is 30.1 Å². The molecule has 34 heavy (non-hydrogen) atoms. The summed E-state index contributed by atoms with van der Waals surface area (Å²) in [6.07, 6.45) is -6.39. The highest BCUT2D eigenvalue weighted by atomic mass is 16.7. The van der Waals surface area contributed by atoms with Crippen molar-refractivity contribution in [2.24, 2.45) is 0 Å². The van der Waals surface area contributed by atoms with Crippen molar-refractivity contribution in [2.45, 2.75) is 71.7 Å². The standard InChI is InChI=1S/C23H28O11/c1-6-17(28)16-9-7-8-10-18(16)33-23-22(32-15(5)27)21(31-14(4)26)20(30-13(3)25)19(34-23)11-29-12(2)24/h7-10,19-23H,6,11H2,1-5H3/t19-,20-,21+,22-,23-/m1/s1. The molecule has 11 heteroatoms. The van der Waals surface area contributed by atoms with Gasteiger partial charge in [-0.05, 0) is 12.1 Å². The van der Waals surface area contributed by atoms with Crippen molar-refractivity contribution < 1.29 is 52.4 Å². The van der Waals surface area contributed by atoms with Crippen molar-refractivity contribution in [3.8, 4) is 5.75 Å². The SMILES string of the molecule is CCC(=O)c1ccccc1O[C@@H]1O[C@H](COC(C)=O)[C@@H](OC(C)=O)[C@H](OC(C)=O)[C@H]1OC(C)=O. The number of ether oxygens (including phenoxy) is 6. The average Bonchev–Trinajstić information content (AvgIpc) is 2.75. The number of carbonyl (C=O) groups is 5. The van der Waals surface area contributed by atoms with Crippen LogP contribution in [0.25, 0.3) is 0 Å². The summed E-state index contributed by atoms with van der Waals surface area (Å²) in [6.45, 7) is 5.86. The van der Waals surface area contributed by atoms with Gasteiger partial charge in [-0.1, -0.05) is 19.1 Å². The van der Waals surface area contributed by atoms with Gasteiger partial charge in [-0.15, -0.1) is 0 Å². The van der Waals surface area contributed by atoms with Crippen LogP contribution in [0.5, 0.6) is 5.75 Å². The molecule has 0 spiro atoms. The summed E-state index contributed by atoms with van der Waals surface area (Å²) in [5.41, 5.74) is 0.262. The Balaban J connectivity index is 2.52. The Kier molecular flexibility index (Phi) is 9.55. The van der Waals surface area contributed by atoms with Crippen molar-refractivity contribution in [2.75, 3.05) is 6.61 Å². The maximum atomic E-state index is 12.4. The number of carbonyl (C=O) groups excluding carboxylic acids is 5. The van der Waals surface area contributed by atoms with Crippen LogP contribution in [0.4, 0.5) is 0 Å². The highest BCUT2D eigenvalue weighted by Gasteiger charge is 2.53. The molecule has 1 aromatic rings. The van der Waals surface area contributed by atoms with E-state index in [4.69, 9.17) is 28.4 Å². The molecule has 0 N–H and O–H groups in total. The second-order valence-electron chi connectivity index (χ2n) is 7.46. The van der Waals surface area contributed by atoms with Gasteiger partial charge < -0.3 is 28.4 Å². The van der Waals surface area contributed by atoms with Gasteiger partial charge >= 0.3 is 23.9 Å². The fourth-order valence-electron chi connectivity index (χ4n) is 3.40. The van der Waals surface area contributed by atoms with Crippen LogP contribution in [0.3, 0.4) is 0 Å². The van der Waals surface area contributed by atoms with Crippen LogP contribution in [0.2, 0.25) is 0 Å². The van der Waals surface area contributed by atoms with Gasteiger partial charge in [0.1, 0.15) is 18.5 Å². The predicted molar refractivity (Wildman–Crippen MR) is 114 cm³/mol. The molecule has 0 aromatic heterocycles. The smallest absolute Gasteiger partial charge is 0.303 e. The van der Waals surface area contributed by atoms with Gasteiger partial charge in [-0.2, -0.15) is 0 Å². The lowest BCUT2D eigenvalue weighted by atomic mass is 9.98. The first-order valence-corrected chi connectivity index (χ1v) is 10.6. The summed E-state index contributed by atoms with van der Waals surface area (Å²) in [4.78, 5) is 59.3. The van der Waals surface area contributed by atoms with Gasteiger partial charge in [0.2, 0.25) is 12.4 Å². The van der Waals surface area contributed by atoms with Gasteiger partial charge in [0, 0.05) is 34.1 Å². The number of para-hydroxylation sites is 1. The molecule has 1 aliphatic rings. The van der Waals surface area contributed by atoms with Crippen molar-refractivity contribution in [1.82, 2.24) is 0 Å². The molecule has 0 bridgehead atoms. The summed E-state index contributed by atoms with van der Waals surface area (Å²) in [5.74, 6) is -2.95. The minimum absolute atomic E-state index is 0.134. The molecule has 1 saturated heterocycles. The van der Waals surface area contributed by atoms with E-state index in [9.17, 15) is 24.0 Å². The van der Waals surface area contributed by atoms with Crippen molar-refractivity contribution in [3.05, 3.63) is 29.8 Å². The maximum absolute atomic E-state index is 12.4. The molecule has 0 saturated carbocycles. The lowest BCUT2D eigenvalue weighted by molar-refractivity contribution is -0.288. The van der Waals surface area contributed by atoms with Gasteiger partial charge in [0.05, 0.1) is 5.56 Å². The third-order valence-electron chi connectivity index (χ3n) is 4.70. The minimum atomic E-state index is -1.41. The van der Waals surface area contributed by atoms with Gasteiger partial charge in [-0.3, -0.25) is 24.0 Å². The third kappa shape index (κ3) is 7.27. The summed E-state index contributed by atoms with van der Waals surface area (Å²) in [7, 11) is 0. The normalized spacial score (nSPS) is 23.9. The number of ketones is 1. The van der Waals surface area contributed by atoms with Crippen molar-refractivity contribution in [1.29, 1.82) is 0 Å². The quantitative estimate of drug-likeness (QED) is 0.290. The molecule has 186 valence electrons. The monoisotopic (exact) mass is 480 g/mol. The van der Waals surface area contributed by atoms with Gasteiger partial charge in [0.15, 0.2) is 18.0 Å². The first-order chi connectivity index (χ1) is 16.0. The number of benzene rings is 1. The van der Waals surface area contributed by atoms with Gasteiger partial charge in [0.25, 0.3) is 0 Å². The van der Waals surface area contributed by atoms with Crippen LogP contribution >= 0.6 is 0 Å². The largest absolute Gasteiger partial charge is 0.463 e. The number of Topliss-reactive ketones (excluding diaryl/α,β-unsaturated/α-hetero) is 1. The van der Waals surface area contributed by atoms with Crippen LogP contribution in [0.15, 0.2) is 24.3 Å². The van der Waals surface area contributed by atoms with E-state index in [1.165, 1.54) is 13.0 Å². The first kappa shape index (κ1) is 26.8. The second kappa shape index (κ2) is 12.1. The molecule has 1 fully saturated rings. The molecule has 0 radical (unpaired) electrons. The van der Waals surface area contributed by atoms with Crippen LogP contribution < -0.4 is 4.74 Å². The highest BCUT2D eigenvalue weighted by molar-refractivity contribution is 5.98. The van der Waals surface area contributed by atoms with Crippen molar-refractivity contribution in [3.63, 3.8) is 0 Å². The molecular weight excluding hydrogens is 452 g/mol. The Morgan fingerprint density at radius 2 is 1.35 bits per heavy atom.